The molecule has 0 aliphatic rings. The number of halogens is 2. The van der Waals surface area contributed by atoms with Crippen molar-refractivity contribution in [1.29, 1.82) is 5.26 Å². The highest BCUT2D eigenvalue weighted by Crippen LogP contribution is 2.27. The lowest BCUT2D eigenvalue weighted by Gasteiger charge is -2.10. The van der Waals surface area contributed by atoms with E-state index >= 15 is 0 Å². The maximum Gasteiger partial charge on any atom is 0.185 e. The molecule has 0 amide bonds. The third kappa shape index (κ3) is 3.04. The molecule has 1 unspecified atom stereocenters. The highest BCUT2D eigenvalue weighted by atomic mass is 79.9. The number of ketones is 1. The number of hydrogen-bond donors (Lipinski definition) is 0. The molecule has 0 saturated carbocycles. The number of carbonyl (C=O) groups excluding carboxylic acids is 1. The molecule has 0 bridgehead atoms. The van der Waals surface area contributed by atoms with E-state index in [0.717, 1.165) is 0 Å². The molecule has 0 radical (unpaired) electrons. The van der Waals surface area contributed by atoms with Crippen LogP contribution in [0.3, 0.4) is 0 Å². The number of hydrogen-bond acceptors (Lipinski definition) is 2. The van der Waals surface area contributed by atoms with Gasteiger partial charge in [0.05, 0.1) is 6.07 Å². The zero-order chi connectivity index (χ0) is 13.8. The maximum absolute atomic E-state index is 12.4. The number of nitrogens with zero attached hydrogens (tertiary/aromatic N) is 1. The van der Waals surface area contributed by atoms with Crippen molar-refractivity contribution in [2.75, 3.05) is 0 Å². The zero-order valence-electron chi connectivity index (χ0n) is 9.81. The molecule has 0 aliphatic heterocycles. The molecule has 0 N–H and O–H groups in total. The Balaban J connectivity index is 2.43. The Hall–Kier alpha value is -1.63. The summed E-state index contributed by atoms with van der Waals surface area (Å²) in [4.78, 5) is 12.4. The molecular formula is C15H9BrClNO. The van der Waals surface area contributed by atoms with E-state index in [4.69, 9.17) is 11.6 Å². The lowest BCUT2D eigenvalue weighted by Crippen LogP contribution is -2.11. The summed E-state index contributed by atoms with van der Waals surface area (Å²) in [5, 5.41) is 9.72. The topological polar surface area (TPSA) is 40.9 Å². The molecule has 2 aromatic carbocycles. The van der Waals surface area contributed by atoms with Crippen LogP contribution in [0.15, 0.2) is 53.0 Å². The van der Waals surface area contributed by atoms with Crippen LogP contribution < -0.4 is 0 Å². The lowest BCUT2D eigenvalue weighted by molar-refractivity contribution is 0.0978. The van der Waals surface area contributed by atoms with Gasteiger partial charge in [0.15, 0.2) is 5.78 Å². The maximum atomic E-state index is 12.4. The fraction of sp³-hybridized carbons (Fsp3) is 0.0667. The minimum absolute atomic E-state index is 0.261. The Kier molecular flexibility index (Phi) is 4.36. The van der Waals surface area contributed by atoms with Gasteiger partial charge in [-0.1, -0.05) is 57.9 Å². The fourth-order valence-electron chi connectivity index (χ4n) is 1.77. The van der Waals surface area contributed by atoms with Crippen LogP contribution in [0, 0.1) is 11.3 Å². The molecule has 0 saturated heterocycles. The Bertz CT molecular complexity index is 649. The van der Waals surface area contributed by atoms with Crippen LogP contribution in [-0.2, 0) is 0 Å². The summed E-state index contributed by atoms with van der Waals surface area (Å²) in [6, 6.07) is 16.0. The van der Waals surface area contributed by atoms with Crippen molar-refractivity contribution in [2.45, 2.75) is 5.92 Å². The normalized spacial score (nSPS) is 11.6. The summed E-state index contributed by atoms with van der Waals surface area (Å²) >= 11 is 9.21. The van der Waals surface area contributed by atoms with Crippen molar-refractivity contribution >= 4 is 33.3 Å². The molecule has 0 heterocycles. The Morgan fingerprint density at radius 1 is 1.21 bits per heavy atom. The summed E-state index contributed by atoms with van der Waals surface area (Å²) in [7, 11) is 0. The number of carbonyl (C=O) groups is 1. The van der Waals surface area contributed by atoms with Gasteiger partial charge >= 0.3 is 0 Å². The molecule has 2 rings (SSSR count). The van der Waals surface area contributed by atoms with Gasteiger partial charge in [0, 0.05) is 15.1 Å². The highest BCUT2D eigenvalue weighted by Gasteiger charge is 2.23. The SMILES string of the molecule is N#CC(C(=O)c1cc(Cl)ccc1Br)c1ccccc1. The molecule has 0 aliphatic carbocycles. The van der Waals surface area contributed by atoms with E-state index in [1.165, 1.54) is 0 Å². The molecule has 94 valence electrons. The van der Waals surface area contributed by atoms with Crippen molar-refractivity contribution in [3.63, 3.8) is 0 Å². The van der Waals surface area contributed by atoms with Gasteiger partial charge in [0.25, 0.3) is 0 Å². The Morgan fingerprint density at radius 3 is 2.53 bits per heavy atom. The average molecular weight is 335 g/mol. The molecule has 2 nitrogen and oxygen atoms in total. The van der Waals surface area contributed by atoms with E-state index in [9.17, 15) is 10.1 Å². The van der Waals surface area contributed by atoms with E-state index < -0.39 is 5.92 Å². The predicted octanol–water partition coefficient (Wildman–Crippen LogP) is 4.59. The molecule has 0 spiro atoms. The van der Waals surface area contributed by atoms with Gasteiger partial charge in [0.1, 0.15) is 5.92 Å². The first-order valence-corrected chi connectivity index (χ1v) is 6.74. The Morgan fingerprint density at radius 2 is 1.89 bits per heavy atom. The summed E-state index contributed by atoms with van der Waals surface area (Å²) < 4.78 is 0.637. The molecule has 1 atom stereocenters. The molecular weight excluding hydrogens is 326 g/mol. The third-order valence-corrected chi connectivity index (χ3v) is 3.64. The second kappa shape index (κ2) is 6.01. The smallest absolute Gasteiger partial charge is 0.185 e. The average Bonchev–Trinajstić information content (AvgIpc) is 2.43. The first-order chi connectivity index (χ1) is 9.13. The van der Waals surface area contributed by atoms with Gasteiger partial charge in [0.2, 0.25) is 0 Å². The van der Waals surface area contributed by atoms with Gasteiger partial charge in [-0.25, -0.2) is 0 Å². The van der Waals surface area contributed by atoms with Crippen molar-refractivity contribution in [1.82, 2.24) is 0 Å². The van der Waals surface area contributed by atoms with E-state index in [2.05, 4.69) is 15.9 Å². The predicted molar refractivity (Wildman–Crippen MR) is 78.3 cm³/mol. The van der Waals surface area contributed by atoms with Crippen LogP contribution in [0.1, 0.15) is 21.8 Å². The minimum Gasteiger partial charge on any atom is -0.292 e. The fourth-order valence-corrected chi connectivity index (χ4v) is 2.39. The second-order valence-corrected chi connectivity index (χ2v) is 5.25. The largest absolute Gasteiger partial charge is 0.292 e. The van der Waals surface area contributed by atoms with Crippen LogP contribution in [0.25, 0.3) is 0 Å². The Labute approximate surface area is 124 Å². The monoisotopic (exact) mass is 333 g/mol. The van der Waals surface area contributed by atoms with Crippen LogP contribution >= 0.6 is 27.5 Å². The summed E-state index contributed by atoms with van der Waals surface area (Å²) in [6.07, 6.45) is 0. The van der Waals surface area contributed by atoms with Crippen molar-refractivity contribution in [2.24, 2.45) is 0 Å². The van der Waals surface area contributed by atoms with Gasteiger partial charge in [-0.2, -0.15) is 5.26 Å². The van der Waals surface area contributed by atoms with Crippen LogP contribution in [-0.4, -0.2) is 5.78 Å². The van der Waals surface area contributed by atoms with Crippen molar-refractivity contribution in [3.8, 4) is 6.07 Å². The second-order valence-electron chi connectivity index (χ2n) is 3.96. The van der Waals surface area contributed by atoms with Crippen LogP contribution in [0.5, 0.6) is 0 Å². The van der Waals surface area contributed by atoms with Crippen molar-refractivity contribution in [3.05, 3.63) is 69.2 Å². The van der Waals surface area contributed by atoms with Gasteiger partial charge in [-0.3, -0.25) is 4.79 Å². The minimum atomic E-state index is -0.823. The van der Waals surface area contributed by atoms with Gasteiger partial charge in [-0.05, 0) is 23.8 Å². The molecule has 19 heavy (non-hydrogen) atoms. The number of benzene rings is 2. The molecule has 0 fully saturated rings. The van der Waals surface area contributed by atoms with E-state index in [-0.39, 0.29) is 5.78 Å². The van der Waals surface area contributed by atoms with Gasteiger partial charge < -0.3 is 0 Å². The number of nitriles is 1. The summed E-state index contributed by atoms with van der Waals surface area (Å²) in [5.41, 5.74) is 1.10. The van der Waals surface area contributed by atoms with Crippen LogP contribution in [0.2, 0.25) is 5.02 Å². The third-order valence-electron chi connectivity index (χ3n) is 2.72. The van der Waals surface area contributed by atoms with Crippen molar-refractivity contribution < 1.29 is 4.79 Å². The summed E-state index contributed by atoms with van der Waals surface area (Å²) in [5.74, 6) is -1.08. The quantitative estimate of drug-likeness (QED) is 0.770. The van der Waals surface area contributed by atoms with Gasteiger partial charge in [-0.15, -0.1) is 0 Å². The van der Waals surface area contributed by atoms with E-state index in [1.807, 2.05) is 12.1 Å². The lowest BCUT2D eigenvalue weighted by atomic mass is 9.92. The highest BCUT2D eigenvalue weighted by molar-refractivity contribution is 9.10. The van der Waals surface area contributed by atoms with E-state index in [0.29, 0.717) is 20.6 Å². The number of Topliss-reactive ketones (excluding diaryl/α,β-unsaturated/α-hetero) is 1. The van der Waals surface area contributed by atoms with Crippen LogP contribution in [0.4, 0.5) is 0 Å². The standard InChI is InChI=1S/C15H9BrClNO/c16-14-7-6-11(17)8-12(14)15(19)13(9-18)10-4-2-1-3-5-10/h1-8,13H. The molecule has 2 aromatic rings. The van der Waals surface area contributed by atoms with E-state index in [1.54, 1.807) is 42.5 Å². The first kappa shape index (κ1) is 13.8. The summed E-state index contributed by atoms with van der Waals surface area (Å²) in [6.45, 7) is 0. The zero-order valence-corrected chi connectivity index (χ0v) is 12.1. The molecule has 4 heteroatoms. The number of rotatable bonds is 3. The first-order valence-electron chi connectivity index (χ1n) is 5.57. The molecule has 0 aromatic heterocycles.